The lowest BCUT2D eigenvalue weighted by Gasteiger charge is -2.27. The fraction of sp³-hybridized carbons (Fsp3) is 0.571. The van der Waals surface area contributed by atoms with Crippen molar-refractivity contribution in [2.45, 2.75) is 25.3 Å². The van der Waals surface area contributed by atoms with E-state index in [1.807, 2.05) is 12.3 Å². The number of pyridine rings is 1. The Morgan fingerprint density at radius 2 is 2.39 bits per heavy atom. The molecular weight excluding hydrogens is 226 g/mol. The summed E-state index contributed by atoms with van der Waals surface area (Å²) >= 11 is 0. The highest BCUT2D eigenvalue weighted by atomic mass is 16.2. The minimum Gasteiger partial charge on any atom is -0.335 e. The van der Waals surface area contributed by atoms with Crippen LogP contribution in [0.15, 0.2) is 24.5 Å². The van der Waals surface area contributed by atoms with Crippen molar-refractivity contribution in [3.8, 4) is 0 Å². The number of carbonyl (C=O) groups is 1. The average Bonchev–Trinajstić information content (AvgIpc) is 3.10. The lowest BCUT2D eigenvalue weighted by Crippen LogP contribution is -2.36. The molecule has 1 N–H and O–H groups in total. The van der Waals surface area contributed by atoms with E-state index >= 15 is 0 Å². The van der Waals surface area contributed by atoms with E-state index in [1.54, 1.807) is 6.20 Å². The largest absolute Gasteiger partial charge is 0.335 e. The summed E-state index contributed by atoms with van der Waals surface area (Å²) < 4.78 is 0. The minimum atomic E-state index is 0.183. The lowest BCUT2D eigenvalue weighted by molar-refractivity contribution is -0.135. The summed E-state index contributed by atoms with van der Waals surface area (Å²) in [6.07, 6.45) is 6.83. The van der Waals surface area contributed by atoms with Crippen molar-refractivity contribution in [2.24, 2.45) is 5.92 Å². The van der Waals surface area contributed by atoms with E-state index in [1.165, 1.54) is 5.56 Å². The number of aromatic nitrogens is 1. The van der Waals surface area contributed by atoms with Crippen LogP contribution in [0.1, 0.15) is 30.9 Å². The van der Waals surface area contributed by atoms with Crippen molar-refractivity contribution in [3.05, 3.63) is 30.1 Å². The molecule has 3 heterocycles. The molecule has 4 nitrogen and oxygen atoms in total. The highest BCUT2D eigenvalue weighted by molar-refractivity contribution is 5.80. The summed E-state index contributed by atoms with van der Waals surface area (Å²) in [6, 6.07) is 4.27. The summed E-state index contributed by atoms with van der Waals surface area (Å²) in [5.41, 5.74) is 1.18. The number of nitrogens with one attached hydrogen (secondary N) is 1. The van der Waals surface area contributed by atoms with Gasteiger partial charge in [0.2, 0.25) is 5.91 Å². The number of rotatable bonds is 2. The number of likely N-dealkylation sites (tertiary alicyclic amines) is 1. The molecule has 4 heteroatoms. The molecule has 96 valence electrons. The molecular formula is C14H19N3O. The van der Waals surface area contributed by atoms with Gasteiger partial charge in [-0.25, -0.2) is 0 Å². The molecule has 3 rings (SSSR count). The van der Waals surface area contributed by atoms with Crippen LogP contribution in [0.5, 0.6) is 0 Å². The number of hydrogen-bond acceptors (Lipinski definition) is 3. The first-order chi connectivity index (χ1) is 8.86. The van der Waals surface area contributed by atoms with Crippen LogP contribution < -0.4 is 5.32 Å². The van der Waals surface area contributed by atoms with Crippen molar-refractivity contribution in [1.29, 1.82) is 0 Å². The molecule has 2 unspecified atom stereocenters. The molecule has 1 aromatic heterocycles. The van der Waals surface area contributed by atoms with E-state index in [0.29, 0.717) is 5.91 Å². The van der Waals surface area contributed by atoms with Gasteiger partial charge in [0.25, 0.3) is 0 Å². The molecule has 0 aromatic carbocycles. The van der Waals surface area contributed by atoms with Crippen LogP contribution in [0.25, 0.3) is 0 Å². The maximum absolute atomic E-state index is 12.5. The van der Waals surface area contributed by atoms with Crippen molar-refractivity contribution >= 4 is 5.91 Å². The molecule has 0 saturated carbocycles. The zero-order valence-corrected chi connectivity index (χ0v) is 10.5. The molecule has 18 heavy (non-hydrogen) atoms. The molecule has 2 aliphatic heterocycles. The van der Waals surface area contributed by atoms with Crippen LogP contribution >= 0.6 is 0 Å². The van der Waals surface area contributed by atoms with Crippen LogP contribution in [0, 0.1) is 5.92 Å². The number of amides is 1. The monoisotopic (exact) mass is 245 g/mol. The number of hydrogen-bond donors (Lipinski definition) is 1. The van der Waals surface area contributed by atoms with E-state index in [0.717, 1.165) is 38.9 Å². The Morgan fingerprint density at radius 1 is 1.44 bits per heavy atom. The summed E-state index contributed by atoms with van der Waals surface area (Å²) in [4.78, 5) is 18.7. The number of nitrogens with zero attached hydrogens (tertiary/aromatic N) is 2. The smallest absolute Gasteiger partial charge is 0.227 e. The third-order valence-corrected chi connectivity index (χ3v) is 4.01. The van der Waals surface area contributed by atoms with E-state index in [4.69, 9.17) is 0 Å². The van der Waals surface area contributed by atoms with Gasteiger partial charge < -0.3 is 10.2 Å². The summed E-state index contributed by atoms with van der Waals surface area (Å²) in [5.74, 6) is 0.508. The van der Waals surface area contributed by atoms with Crippen LogP contribution in [0.2, 0.25) is 0 Å². The summed E-state index contributed by atoms with van der Waals surface area (Å²) in [6.45, 7) is 2.71. The quantitative estimate of drug-likeness (QED) is 0.855. The molecule has 0 radical (unpaired) electrons. The van der Waals surface area contributed by atoms with E-state index in [2.05, 4.69) is 21.3 Å². The Kier molecular flexibility index (Phi) is 3.28. The van der Waals surface area contributed by atoms with Crippen molar-refractivity contribution < 1.29 is 4.79 Å². The van der Waals surface area contributed by atoms with E-state index in [-0.39, 0.29) is 12.0 Å². The van der Waals surface area contributed by atoms with Gasteiger partial charge in [0.1, 0.15) is 0 Å². The Bertz CT molecular complexity index is 414. The SMILES string of the molecule is O=C(C1CCNC1)N1CCCC1c1cccnc1. The second-order valence-electron chi connectivity index (χ2n) is 5.17. The van der Waals surface area contributed by atoms with Gasteiger partial charge in [0, 0.05) is 25.5 Å². The minimum absolute atomic E-state index is 0.183. The second kappa shape index (κ2) is 5.06. The topological polar surface area (TPSA) is 45.2 Å². The molecule has 2 saturated heterocycles. The van der Waals surface area contributed by atoms with Gasteiger partial charge in [-0.1, -0.05) is 6.07 Å². The molecule has 1 aromatic rings. The Balaban J connectivity index is 1.77. The molecule has 1 amide bonds. The predicted molar refractivity (Wildman–Crippen MR) is 68.9 cm³/mol. The predicted octanol–water partition coefficient (Wildman–Crippen LogP) is 1.35. The molecule has 2 fully saturated rings. The second-order valence-corrected chi connectivity index (χ2v) is 5.17. The fourth-order valence-corrected chi connectivity index (χ4v) is 3.05. The standard InChI is InChI=1S/C14H19N3O/c18-14(12-5-7-16-10-12)17-8-2-4-13(17)11-3-1-6-15-9-11/h1,3,6,9,12-13,16H,2,4-5,7-8,10H2. The van der Waals surface area contributed by atoms with Crippen LogP contribution in [-0.2, 0) is 4.79 Å². The molecule has 0 bridgehead atoms. The van der Waals surface area contributed by atoms with Gasteiger partial charge in [0.15, 0.2) is 0 Å². The maximum Gasteiger partial charge on any atom is 0.227 e. The van der Waals surface area contributed by atoms with Crippen LogP contribution in [-0.4, -0.2) is 35.4 Å². The normalized spacial score (nSPS) is 27.7. The third kappa shape index (κ3) is 2.12. The first-order valence-electron chi connectivity index (χ1n) is 6.77. The Morgan fingerprint density at radius 3 is 3.11 bits per heavy atom. The van der Waals surface area contributed by atoms with Gasteiger partial charge in [-0.05, 0) is 37.4 Å². The first-order valence-corrected chi connectivity index (χ1v) is 6.77. The fourth-order valence-electron chi connectivity index (χ4n) is 3.05. The van der Waals surface area contributed by atoms with E-state index in [9.17, 15) is 4.79 Å². The third-order valence-electron chi connectivity index (χ3n) is 4.01. The molecule has 0 aliphatic carbocycles. The highest BCUT2D eigenvalue weighted by Crippen LogP contribution is 2.33. The average molecular weight is 245 g/mol. The highest BCUT2D eigenvalue weighted by Gasteiger charge is 2.34. The van der Waals surface area contributed by atoms with Gasteiger partial charge >= 0.3 is 0 Å². The zero-order valence-electron chi connectivity index (χ0n) is 10.5. The number of carbonyl (C=O) groups excluding carboxylic acids is 1. The van der Waals surface area contributed by atoms with E-state index < -0.39 is 0 Å². The van der Waals surface area contributed by atoms with Gasteiger partial charge in [-0.2, -0.15) is 0 Å². The van der Waals surface area contributed by atoms with Crippen LogP contribution in [0.4, 0.5) is 0 Å². The lowest BCUT2D eigenvalue weighted by atomic mass is 10.0. The molecule has 2 aliphatic rings. The van der Waals surface area contributed by atoms with Crippen molar-refractivity contribution in [1.82, 2.24) is 15.2 Å². The van der Waals surface area contributed by atoms with Gasteiger partial charge in [0.05, 0.1) is 12.0 Å². The van der Waals surface area contributed by atoms with Gasteiger partial charge in [-0.3, -0.25) is 9.78 Å². The molecule has 2 atom stereocenters. The van der Waals surface area contributed by atoms with Crippen LogP contribution in [0.3, 0.4) is 0 Å². The Labute approximate surface area is 107 Å². The zero-order chi connectivity index (χ0) is 12.4. The Hall–Kier alpha value is -1.42. The molecule has 0 spiro atoms. The van der Waals surface area contributed by atoms with Gasteiger partial charge in [-0.15, -0.1) is 0 Å². The maximum atomic E-state index is 12.5. The summed E-state index contributed by atoms with van der Waals surface area (Å²) in [7, 11) is 0. The van der Waals surface area contributed by atoms with Crippen molar-refractivity contribution in [3.63, 3.8) is 0 Å². The summed E-state index contributed by atoms with van der Waals surface area (Å²) in [5, 5.41) is 3.27. The first kappa shape index (κ1) is 11.7. The van der Waals surface area contributed by atoms with Crippen molar-refractivity contribution in [2.75, 3.05) is 19.6 Å².